The second-order valence-corrected chi connectivity index (χ2v) is 3.62. The van der Waals surface area contributed by atoms with Gasteiger partial charge < -0.3 is 5.32 Å². The van der Waals surface area contributed by atoms with Gasteiger partial charge in [0.2, 0.25) is 0 Å². The van der Waals surface area contributed by atoms with E-state index in [9.17, 15) is 31.1 Å². The minimum atomic E-state index is -4.90. The SMILES string of the molecule is CCNC(=O)c1cc(C(F)(F)F)ccc1C(F)(F)F. The number of carbonyl (C=O) groups is 1. The minimum Gasteiger partial charge on any atom is -0.352 e. The Balaban J connectivity index is 3.39. The zero-order chi connectivity index (χ0) is 14.8. The summed E-state index contributed by atoms with van der Waals surface area (Å²) < 4.78 is 75.1. The molecule has 1 aromatic rings. The topological polar surface area (TPSA) is 29.1 Å². The lowest BCUT2D eigenvalue weighted by Gasteiger charge is -2.15. The van der Waals surface area contributed by atoms with E-state index in [1.807, 2.05) is 5.32 Å². The molecule has 0 aliphatic rings. The summed E-state index contributed by atoms with van der Waals surface area (Å²) in [6.07, 6.45) is -9.71. The highest BCUT2D eigenvalue weighted by Crippen LogP contribution is 2.36. The molecule has 0 unspecified atom stereocenters. The number of benzene rings is 1. The molecule has 1 N–H and O–H groups in total. The summed E-state index contributed by atoms with van der Waals surface area (Å²) in [5.41, 5.74) is -3.74. The van der Waals surface area contributed by atoms with Crippen molar-refractivity contribution >= 4 is 5.91 Å². The number of hydrogen-bond donors (Lipinski definition) is 1. The molecule has 1 rings (SSSR count). The van der Waals surface area contributed by atoms with Gasteiger partial charge in [-0.25, -0.2) is 0 Å². The van der Waals surface area contributed by atoms with Crippen LogP contribution in [-0.2, 0) is 12.4 Å². The smallest absolute Gasteiger partial charge is 0.352 e. The van der Waals surface area contributed by atoms with Crippen molar-refractivity contribution in [2.45, 2.75) is 19.3 Å². The summed E-state index contributed by atoms with van der Waals surface area (Å²) in [5, 5.41) is 2.05. The van der Waals surface area contributed by atoms with E-state index in [0.29, 0.717) is 6.07 Å². The molecule has 106 valence electrons. The van der Waals surface area contributed by atoms with Gasteiger partial charge in [0.05, 0.1) is 16.7 Å². The van der Waals surface area contributed by atoms with E-state index < -0.39 is 35.0 Å². The van der Waals surface area contributed by atoms with Crippen LogP contribution in [0.1, 0.15) is 28.4 Å². The van der Waals surface area contributed by atoms with Crippen LogP contribution in [0, 0.1) is 0 Å². The lowest BCUT2D eigenvalue weighted by atomic mass is 10.0. The predicted octanol–water partition coefficient (Wildman–Crippen LogP) is 3.47. The highest BCUT2D eigenvalue weighted by molar-refractivity contribution is 5.96. The fourth-order valence-electron chi connectivity index (χ4n) is 1.41. The molecule has 0 radical (unpaired) electrons. The van der Waals surface area contributed by atoms with E-state index in [-0.39, 0.29) is 18.7 Å². The standard InChI is InChI=1S/C11H9F6NO/c1-2-18-9(19)7-5-6(10(12,13)14)3-4-8(7)11(15,16)17/h3-5H,2H2,1H3,(H,18,19). The Morgan fingerprint density at radius 1 is 1.11 bits per heavy atom. The first-order valence-electron chi connectivity index (χ1n) is 5.14. The molecule has 0 aliphatic carbocycles. The Kier molecular flexibility index (Phi) is 4.12. The van der Waals surface area contributed by atoms with E-state index in [2.05, 4.69) is 0 Å². The van der Waals surface area contributed by atoms with Crippen molar-refractivity contribution in [3.8, 4) is 0 Å². The molecular weight excluding hydrogens is 276 g/mol. The molecule has 0 saturated heterocycles. The number of hydrogen-bond acceptors (Lipinski definition) is 1. The average Bonchev–Trinajstić information content (AvgIpc) is 2.26. The van der Waals surface area contributed by atoms with Crippen LogP contribution in [0.25, 0.3) is 0 Å². The molecule has 0 saturated carbocycles. The Labute approximate surface area is 104 Å². The fraction of sp³-hybridized carbons (Fsp3) is 0.364. The fourth-order valence-corrected chi connectivity index (χ4v) is 1.41. The summed E-state index contributed by atoms with van der Waals surface area (Å²) in [4.78, 5) is 11.4. The summed E-state index contributed by atoms with van der Waals surface area (Å²) in [6.45, 7) is 1.45. The highest BCUT2D eigenvalue weighted by atomic mass is 19.4. The Bertz CT molecular complexity index is 477. The molecule has 0 aliphatic heterocycles. The maximum atomic E-state index is 12.6. The zero-order valence-electron chi connectivity index (χ0n) is 9.62. The van der Waals surface area contributed by atoms with Crippen molar-refractivity contribution in [2.75, 3.05) is 6.54 Å². The van der Waals surface area contributed by atoms with Crippen LogP contribution < -0.4 is 5.32 Å². The van der Waals surface area contributed by atoms with E-state index in [1.54, 1.807) is 0 Å². The molecule has 1 aromatic carbocycles. The molecule has 2 nitrogen and oxygen atoms in total. The zero-order valence-corrected chi connectivity index (χ0v) is 9.62. The van der Waals surface area contributed by atoms with Gasteiger partial charge in [-0.2, -0.15) is 26.3 Å². The van der Waals surface area contributed by atoms with E-state index in [0.717, 1.165) is 0 Å². The van der Waals surface area contributed by atoms with Gasteiger partial charge in [0.15, 0.2) is 0 Å². The van der Waals surface area contributed by atoms with Gasteiger partial charge in [0.25, 0.3) is 5.91 Å². The Hall–Kier alpha value is -1.73. The van der Waals surface area contributed by atoms with Gasteiger partial charge in [0, 0.05) is 6.54 Å². The van der Waals surface area contributed by atoms with Crippen molar-refractivity contribution in [3.63, 3.8) is 0 Å². The second kappa shape index (κ2) is 5.10. The third-order valence-electron chi connectivity index (χ3n) is 2.23. The van der Waals surface area contributed by atoms with Gasteiger partial charge in [-0.1, -0.05) is 0 Å². The second-order valence-electron chi connectivity index (χ2n) is 3.62. The summed E-state index contributed by atoms with van der Waals surface area (Å²) in [6, 6.07) is 0.757. The molecular formula is C11H9F6NO. The summed E-state index contributed by atoms with van der Waals surface area (Å²) in [5.74, 6) is -1.19. The normalized spacial score (nSPS) is 12.4. The van der Waals surface area contributed by atoms with Crippen LogP contribution in [0.2, 0.25) is 0 Å². The first-order valence-corrected chi connectivity index (χ1v) is 5.14. The summed E-state index contributed by atoms with van der Waals surface area (Å²) >= 11 is 0. The minimum absolute atomic E-state index is 0.00633. The number of halogens is 6. The maximum absolute atomic E-state index is 12.6. The van der Waals surface area contributed by atoms with Crippen molar-refractivity contribution < 1.29 is 31.1 Å². The molecule has 0 aromatic heterocycles. The first-order chi connectivity index (χ1) is 8.57. The van der Waals surface area contributed by atoms with Crippen molar-refractivity contribution in [3.05, 3.63) is 34.9 Å². The predicted molar refractivity (Wildman–Crippen MR) is 54.5 cm³/mol. The molecule has 0 bridgehead atoms. The number of nitrogens with one attached hydrogen (secondary N) is 1. The van der Waals surface area contributed by atoms with Crippen LogP contribution in [0.3, 0.4) is 0 Å². The van der Waals surface area contributed by atoms with Crippen LogP contribution in [0.15, 0.2) is 18.2 Å². The van der Waals surface area contributed by atoms with Crippen LogP contribution in [0.4, 0.5) is 26.3 Å². The van der Waals surface area contributed by atoms with Crippen LogP contribution in [-0.4, -0.2) is 12.5 Å². The van der Waals surface area contributed by atoms with Gasteiger partial charge in [-0.05, 0) is 25.1 Å². The van der Waals surface area contributed by atoms with Crippen molar-refractivity contribution in [1.29, 1.82) is 0 Å². The van der Waals surface area contributed by atoms with Gasteiger partial charge >= 0.3 is 12.4 Å². The quantitative estimate of drug-likeness (QED) is 0.828. The number of amides is 1. The molecule has 1 amide bonds. The third-order valence-corrected chi connectivity index (χ3v) is 2.23. The largest absolute Gasteiger partial charge is 0.417 e. The van der Waals surface area contributed by atoms with Crippen LogP contribution in [0.5, 0.6) is 0 Å². The maximum Gasteiger partial charge on any atom is 0.417 e. The lowest BCUT2D eigenvalue weighted by Crippen LogP contribution is -2.26. The van der Waals surface area contributed by atoms with E-state index in [4.69, 9.17) is 0 Å². The Morgan fingerprint density at radius 2 is 1.68 bits per heavy atom. The van der Waals surface area contributed by atoms with Gasteiger partial charge in [-0.15, -0.1) is 0 Å². The average molecular weight is 285 g/mol. The van der Waals surface area contributed by atoms with E-state index in [1.165, 1.54) is 6.92 Å². The molecule has 8 heteroatoms. The Morgan fingerprint density at radius 3 is 2.11 bits per heavy atom. The number of rotatable bonds is 2. The van der Waals surface area contributed by atoms with E-state index >= 15 is 0 Å². The first kappa shape index (κ1) is 15.3. The van der Waals surface area contributed by atoms with Crippen LogP contribution >= 0.6 is 0 Å². The summed E-state index contributed by atoms with van der Waals surface area (Å²) in [7, 11) is 0. The van der Waals surface area contributed by atoms with Crippen molar-refractivity contribution in [2.24, 2.45) is 0 Å². The van der Waals surface area contributed by atoms with Gasteiger partial charge in [0.1, 0.15) is 0 Å². The van der Waals surface area contributed by atoms with Gasteiger partial charge in [-0.3, -0.25) is 4.79 Å². The lowest BCUT2D eigenvalue weighted by molar-refractivity contribution is -0.141. The molecule has 0 heterocycles. The highest BCUT2D eigenvalue weighted by Gasteiger charge is 2.38. The number of alkyl halides is 6. The number of carbonyl (C=O) groups excluding carboxylic acids is 1. The molecule has 0 spiro atoms. The molecule has 0 fully saturated rings. The molecule has 19 heavy (non-hydrogen) atoms. The van der Waals surface area contributed by atoms with Crippen molar-refractivity contribution in [1.82, 2.24) is 5.32 Å². The monoisotopic (exact) mass is 285 g/mol. The molecule has 0 atom stereocenters. The third kappa shape index (κ3) is 3.62.